The Balaban J connectivity index is -0.000000125. The summed E-state index contributed by atoms with van der Waals surface area (Å²) < 4.78 is 235. The van der Waals surface area contributed by atoms with Crippen LogP contribution >= 0.6 is 0 Å². The molecule has 5 atom stereocenters. The number of aliphatic hydroxyl groups excluding tert-OH is 2. The molecule has 0 saturated heterocycles. The van der Waals surface area contributed by atoms with Gasteiger partial charge >= 0.3 is 60.9 Å². The number of Topliss-reactive ketones (excluding diaryl/α,β-unsaturated/α-hetero) is 1. The number of alkyl halides is 18. The summed E-state index contributed by atoms with van der Waals surface area (Å²) >= 11 is 0. The van der Waals surface area contributed by atoms with E-state index in [1.165, 1.54) is 39.0 Å². The number of hydrogen-bond acceptors (Lipinski definition) is 12. The van der Waals surface area contributed by atoms with Crippen molar-refractivity contribution in [3.8, 4) is 0 Å². The largest absolute Gasteiger partial charge is 0.468 e. The Hall–Kier alpha value is -4.90. The molecule has 2 N–H and O–H groups in total. The first-order valence-electron chi connectivity index (χ1n) is 21.7. The molecule has 0 aromatic carbocycles. The Labute approximate surface area is 436 Å². The third kappa shape index (κ3) is 33.9. The molecule has 0 saturated carbocycles. The van der Waals surface area contributed by atoms with E-state index in [0.717, 1.165) is 49.0 Å². The molecule has 0 radical (unpaired) electrons. The summed E-state index contributed by atoms with van der Waals surface area (Å²) in [5.74, 6) is -10.7. The van der Waals surface area contributed by atoms with Crippen molar-refractivity contribution in [2.75, 3.05) is 35.0 Å². The predicted octanol–water partition coefficient (Wildman–Crippen LogP) is 13.5. The maximum absolute atomic E-state index is 12.6. The van der Waals surface area contributed by atoms with E-state index in [4.69, 9.17) is 10.2 Å². The lowest BCUT2D eigenvalue weighted by Gasteiger charge is -2.29. The fourth-order valence-corrected chi connectivity index (χ4v) is 4.37. The van der Waals surface area contributed by atoms with Gasteiger partial charge in [0.25, 0.3) is 0 Å². The number of allylic oxidation sites excluding steroid dienone is 3. The molecule has 0 aliphatic rings. The van der Waals surface area contributed by atoms with Gasteiger partial charge in [-0.1, -0.05) is 40.0 Å². The number of carbonyl (C=O) groups excluding carboxylic acids is 6. The van der Waals surface area contributed by atoms with Crippen LogP contribution in [0.2, 0.25) is 0 Å². The van der Waals surface area contributed by atoms with Crippen LogP contribution in [0.4, 0.5) is 79.0 Å². The first kappa shape index (κ1) is 88.7. The lowest BCUT2D eigenvalue weighted by atomic mass is 9.84. The van der Waals surface area contributed by atoms with Gasteiger partial charge in [0.15, 0.2) is 22.0 Å². The Kier molecular flexibility index (Phi) is 44.5. The van der Waals surface area contributed by atoms with Crippen molar-refractivity contribution < 1.29 is 137 Å². The number of carbonyl (C=O) groups is 6. The second-order valence-electron chi connectivity index (χ2n) is 16.3. The van der Waals surface area contributed by atoms with E-state index in [-0.39, 0.29) is 51.7 Å². The minimum absolute atomic E-state index is 0. The molecule has 0 heterocycles. The molecule has 0 aliphatic carbocycles. The first-order valence-corrected chi connectivity index (χ1v) is 21.7. The van der Waals surface area contributed by atoms with E-state index in [1.807, 2.05) is 13.8 Å². The highest BCUT2D eigenvalue weighted by Crippen LogP contribution is 2.46. The summed E-state index contributed by atoms with van der Waals surface area (Å²) in [7, 11) is 3.20. The number of ketones is 2. The van der Waals surface area contributed by atoms with Gasteiger partial charge in [0.2, 0.25) is 5.92 Å². The van der Waals surface area contributed by atoms with Crippen LogP contribution in [0, 0.1) is 27.6 Å². The highest BCUT2D eigenvalue weighted by Gasteiger charge is 2.62. The molecule has 0 fully saturated rings. The summed E-state index contributed by atoms with van der Waals surface area (Å²) in [5, 5.41) is 17.5. The zero-order valence-electron chi connectivity index (χ0n) is 44.2. The molecule has 30 heteroatoms. The van der Waals surface area contributed by atoms with Gasteiger partial charge in [0.05, 0.1) is 46.6 Å². The van der Waals surface area contributed by atoms with Crippen LogP contribution in [-0.2, 0) is 47.7 Å². The molecule has 0 aliphatic heterocycles. The molecule has 12 nitrogen and oxygen atoms in total. The summed E-state index contributed by atoms with van der Waals surface area (Å²) in [6.07, 6.45) is -28.1. The molecular formula is C47H74F18O12. The van der Waals surface area contributed by atoms with Gasteiger partial charge in [-0.15, -0.1) is 13.2 Å². The van der Waals surface area contributed by atoms with E-state index < -0.39 is 120 Å². The minimum Gasteiger partial charge on any atom is -0.468 e. The van der Waals surface area contributed by atoms with Crippen LogP contribution in [0.15, 0.2) is 38.0 Å². The van der Waals surface area contributed by atoms with Crippen molar-refractivity contribution in [1.29, 1.82) is 0 Å². The molecule has 0 aromatic heterocycles. The first-order chi connectivity index (χ1) is 33.8. The number of rotatable bonds is 18. The standard InChI is InChI=1S/C9H15F3O3.C9H13F3O3.C9H13F3O2.C8H13F3O.C5H4F6O2.C4H6O.C2H6.CH4/c2*1-6(13)4-5-8(2,7(14)15-3)9(10,11)12;1-4-5-6-8(2,7(13)14-3)9(10,11)12;1-3-4-5-7(2,6-12)8(9,10)11;1-13-3(12)2(4(6,7)8)5(9,10)11;1-3-4(2)5;1-2;/h6,13H,4-5H2,1-3H3;4-5H2,1-3H3;4H,1,5-6H2,2-3H3;3,12H,1,4-6H2,2H3;2H,1H3;3H,1H2,2H3;1-2H3;1H4. The fourth-order valence-electron chi connectivity index (χ4n) is 4.37. The monoisotopic (exact) mass is 1170 g/mol. The van der Waals surface area contributed by atoms with Crippen LogP contribution in [0.5, 0.6) is 0 Å². The maximum atomic E-state index is 12.6. The van der Waals surface area contributed by atoms with E-state index in [0.29, 0.717) is 7.11 Å². The second kappa shape index (κ2) is 38.6. The van der Waals surface area contributed by atoms with Crippen molar-refractivity contribution >= 4 is 35.4 Å². The molecule has 77 heavy (non-hydrogen) atoms. The number of hydrogen-bond donors (Lipinski definition) is 2. The van der Waals surface area contributed by atoms with E-state index in [2.05, 4.69) is 38.7 Å². The van der Waals surface area contributed by atoms with Gasteiger partial charge in [-0.3, -0.25) is 24.0 Å². The summed E-state index contributed by atoms with van der Waals surface area (Å²) in [6.45, 7) is 20.4. The minimum atomic E-state index is -5.68. The average molecular weight is 1170 g/mol. The molecule has 0 spiro atoms. The summed E-state index contributed by atoms with van der Waals surface area (Å²) in [6, 6.07) is 0. The highest BCUT2D eigenvalue weighted by molar-refractivity contribution is 5.86. The highest BCUT2D eigenvalue weighted by atomic mass is 19.4. The predicted molar refractivity (Wildman–Crippen MR) is 246 cm³/mol. The molecule has 0 aromatic rings. The van der Waals surface area contributed by atoms with Gasteiger partial charge in [-0.25, -0.2) is 0 Å². The smallest absolute Gasteiger partial charge is 0.411 e. The number of halogens is 18. The quantitative estimate of drug-likeness (QED) is 0.0437. The van der Waals surface area contributed by atoms with Crippen LogP contribution < -0.4 is 0 Å². The zero-order valence-corrected chi connectivity index (χ0v) is 44.2. The van der Waals surface area contributed by atoms with Gasteiger partial charge in [-0.2, -0.15) is 79.0 Å². The molecule has 5 unspecified atom stereocenters. The van der Waals surface area contributed by atoms with Gasteiger partial charge in [-0.05, 0) is 99.5 Å². The molecule has 460 valence electrons. The topological polar surface area (TPSA) is 180 Å². The molecule has 0 amide bonds. The number of methoxy groups -OCH3 is 4. The number of aliphatic hydroxyl groups is 2. The van der Waals surface area contributed by atoms with E-state index >= 15 is 0 Å². The van der Waals surface area contributed by atoms with Crippen LogP contribution in [0.25, 0.3) is 0 Å². The Morgan fingerprint density at radius 1 is 0.519 bits per heavy atom. The second-order valence-corrected chi connectivity index (χ2v) is 16.3. The zero-order chi connectivity index (χ0) is 62.9. The summed E-state index contributed by atoms with van der Waals surface area (Å²) in [4.78, 5) is 63.6. The Morgan fingerprint density at radius 3 is 0.987 bits per heavy atom. The Morgan fingerprint density at radius 2 is 0.805 bits per heavy atom. The normalized spacial score (nSPS) is 14.8. The lowest BCUT2D eigenvalue weighted by Crippen LogP contribution is -2.43. The molecule has 0 rings (SSSR count). The number of esters is 4. The average Bonchev–Trinajstić information content (AvgIpc) is 3.28. The van der Waals surface area contributed by atoms with Crippen LogP contribution in [0.3, 0.4) is 0 Å². The SMILES string of the molecule is C.C=CC(C)=O.C=CCCC(C)(C(=O)OC)C(F)(F)F.C=CCCC(C)(CO)C(F)(F)F.CC.COC(=O)C(C(F)(F)F)C(F)(F)F.COC(=O)C(C)(CCC(C)=O)C(F)(F)F.COC(=O)C(C)(CCC(C)O)C(F)(F)F. The van der Waals surface area contributed by atoms with E-state index in [1.54, 1.807) is 0 Å². The third-order valence-corrected chi connectivity index (χ3v) is 9.98. The van der Waals surface area contributed by atoms with Crippen LogP contribution in [0.1, 0.15) is 121 Å². The number of ether oxygens (including phenoxy) is 4. The van der Waals surface area contributed by atoms with Crippen molar-refractivity contribution in [2.24, 2.45) is 27.6 Å². The maximum Gasteiger partial charge on any atom is 0.411 e. The van der Waals surface area contributed by atoms with Crippen molar-refractivity contribution in [3.05, 3.63) is 38.0 Å². The van der Waals surface area contributed by atoms with E-state index in [9.17, 15) is 108 Å². The van der Waals surface area contributed by atoms with Gasteiger partial charge in [0, 0.05) is 6.42 Å². The van der Waals surface area contributed by atoms with Crippen molar-refractivity contribution in [3.63, 3.8) is 0 Å². The van der Waals surface area contributed by atoms with Crippen LogP contribution in [-0.4, -0.2) is 124 Å². The fraction of sp³-hybridized carbons (Fsp3) is 0.745. The van der Waals surface area contributed by atoms with Crippen molar-refractivity contribution in [2.45, 2.75) is 164 Å². The molecule has 0 bridgehead atoms. The summed E-state index contributed by atoms with van der Waals surface area (Å²) in [5.41, 5.74) is -9.57. The third-order valence-electron chi connectivity index (χ3n) is 9.98. The molecular weight excluding hydrogens is 1100 g/mol. The van der Waals surface area contributed by atoms with Gasteiger partial charge < -0.3 is 34.0 Å². The van der Waals surface area contributed by atoms with Gasteiger partial charge in [0.1, 0.15) is 5.78 Å². The lowest BCUT2D eigenvalue weighted by molar-refractivity contribution is -0.281. The van der Waals surface area contributed by atoms with Crippen molar-refractivity contribution in [1.82, 2.24) is 0 Å². The Bertz CT molecular complexity index is 1720.